The van der Waals surface area contributed by atoms with E-state index < -0.39 is 23.2 Å². The molecule has 1 unspecified atom stereocenters. The van der Waals surface area contributed by atoms with Gasteiger partial charge in [-0.15, -0.1) is 0 Å². The highest BCUT2D eigenvalue weighted by atomic mass is 32.3. The Morgan fingerprint density at radius 1 is 1.70 bits per heavy atom. The molecule has 0 rings (SSSR count). The van der Waals surface area contributed by atoms with E-state index in [9.17, 15) is 12.8 Å². The molecular formula is C4H9FO4S. The lowest BCUT2D eigenvalue weighted by molar-refractivity contribution is 0.178. The first-order valence-electron chi connectivity index (χ1n) is 2.71. The molecule has 10 heavy (non-hydrogen) atoms. The second kappa shape index (κ2) is 3.85. The van der Waals surface area contributed by atoms with Crippen LogP contribution in [0.5, 0.6) is 0 Å². The van der Waals surface area contributed by atoms with Crippen molar-refractivity contribution in [2.75, 3.05) is 6.61 Å². The van der Waals surface area contributed by atoms with Crippen LogP contribution >= 0.6 is 0 Å². The minimum Gasteiger partial charge on any atom is -0.264 e. The zero-order valence-corrected chi connectivity index (χ0v) is 6.27. The third-order valence-electron chi connectivity index (χ3n) is 0.841. The lowest BCUT2D eigenvalue weighted by atomic mass is 10.3. The molecule has 0 aromatic heterocycles. The summed E-state index contributed by atoms with van der Waals surface area (Å²) in [6, 6.07) is 0. The van der Waals surface area contributed by atoms with Gasteiger partial charge in [0, 0.05) is 0 Å². The van der Waals surface area contributed by atoms with E-state index in [1.54, 1.807) is 0 Å². The summed E-state index contributed by atoms with van der Waals surface area (Å²) in [6.07, 6.45) is -1.18. The molecule has 0 fully saturated rings. The Labute approximate surface area is 59.0 Å². The van der Waals surface area contributed by atoms with Gasteiger partial charge in [0.15, 0.2) is 0 Å². The fourth-order valence-electron chi connectivity index (χ4n) is 0.278. The molecular weight excluding hydrogens is 163 g/mol. The Balaban J connectivity index is 3.56. The van der Waals surface area contributed by atoms with E-state index in [2.05, 4.69) is 4.18 Å². The fourth-order valence-corrected chi connectivity index (χ4v) is 0.597. The topological polar surface area (TPSA) is 63.6 Å². The zero-order chi connectivity index (χ0) is 8.20. The molecule has 0 radical (unpaired) electrons. The Bertz CT molecular complexity index is 176. The molecule has 0 heterocycles. The van der Waals surface area contributed by atoms with Crippen LogP contribution in [0.3, 0.4) is 0 Å². The molecule has 0 spiro atoms. The molecule has 62 valence electrons. The quantitative estimate of drug-likeness (QED) is 0.629. The third kappa shape index (κ3) is 5.93. The first-order valence-corrected chi connectivity index (χ1v) is 4.08. The first kappa shape index (κ1) is 9.80. The monoisotopic (exact) mass is 172 g/mol. The van der Waals surface area contributed by atoms with Crippen LogP contribution in [0.25, 0.3) is 0 Å². The van der Waals surface area contributed by atoms with Crippen LogP contribution < -0.4 is 0 Å². The largest absolute Gasteiger partial charge is 0.397 e. The van der Waals surface area contributed by atoms with Crippen molar-refractivity contribution in [3.8, 4) is 0 Å². The number of hydrogen-bond donors (Lipinski definition) is 1. The van der Waals surface area contributed by atoms with Gasteiger partial charge in [0.2, 0.25) is 0 Å². The minimum absolute atomic E-state index is 0.162. The number of alkyl halides is 1. The lowest BCUT2D eigenvalue weighted by Crippen LogP contribution is -2.13. The van der Waals surface area contributed by atoms with Crippen LogP contribution in [0.1, 0.15) is 13.3 Å². The third-order valence-corrected chi connectivity index (χ3v) is 1.27. The molecule has 0 aromatic carbocycles. The molecule has 0 aliphatic rings. The van der Waals surface area contributed by atoms with Gasteiger partial charge >= 0.3 is 10.4 Å². The van der Waals surface area contributed by atoms with Gasteiger partial charge in [-0.25, -0.2) is 8.57 Å². The van der Waals surface area contributed by atoms with Gasteiger partial charge in [-0.3, -0.25) is 4.55 Å². The van der Waals surface area contributed by atoms with E-state index in [4.69, 9.17) is 4.55 Å². The van der Waals surface area contributed by atoms with E-state index in [0.29, 0.717) is 0 Å². The summed E-state index contributed by atoms with van der Waals surface area (Å²) in [5, 5.41) is 0. The Kier molecular flexibility index (Phi) is 3.77. The summed E-state index contributed by atoms with van der Waals surface area (Å²) in [6.45, 7) is 0.924. The van der Waals surface area contributed by atoms with Gasteiger partial charge in [-0.2, -0.15) is 8.42 Å². The maximum Gasteiger partial charge on any atom is 0.397 e. The summed E-state index contributed by atoms with van der Waals surface area (Å²) in [5.41, 5.74) is 0. The second-order valence-electron chi connectivity index (χ2n) is 1.72. The fraction of sp³-hybridized carbons (Fsp3) is 1.00. The highest BCUT2D eigenvalue weighted by Gasteiger charge is 2.09. The Hall–Kier alpha value is -0.200. The van der Waals surface area contributed by atoms with Gasteiger partial charge in [-0.1, -0.05) is 6.92 Å². The highest BCUT2D eigenvalue weighted by molar-refractivity contribution is 7.80. The summed E-state index contributed by atoms with van der Waals surface area (Å²) in [7, 11) is -4.47. The van der Waals surface area contributed by atoms with Crippen LogP contribution in [0.2, 0.25) is 0 Å². The summed E-state index contributed by atoms with van der Waals surface area (Å²) >= 11 is 0. The zero-order valence-electron chi connectivity index (χ0n) is 5.45. The van der Waals surface area contributed by atoms with Crippen molar-refractivity contribution >= 4 is 10.4 Å². The molecule has 0 saturated carbocycles. The van der Waals surface area contributed by atoms with Crippen molar-refractivity contribution in [1.82, 2.24) is 0 Å². The summed E-state index contributed by atoms with van der Waals surface area (Å²) in [4.78, 5) is 0. The molecule has 0 aliphatic heterocycles. The van der Waals surface area contributed by atoms with Crippen molar-refractivity contribution in [3.05, 3.63) is 0 Å². The lowest BCUT2D eigenvalue weighted by Gasteiger charge is -2.01. The Morgan fingerprint density at radius 2 is 2.20 bits per heavy atom. The van der Waals surface area contributed by atoms with Crippen LogP contribution in [-0.4, -0.2) is 25.7 Å². The van der Waals surface area contributed by atoms with Gasteiger partial charge in [-0.05, 0) is 6.42 Å². The first-order chi connectivity index (χ1) is 4.45. The van der Waals surface area contributed by atoms with Gasteiger partial charge < -0.3 is 0 Å². The van der Waals surface area contributed by atoms with Crippen molar-refractivity contribution in [2.45, 2.75) is 19.5 Å². The number of rotatable bonds is 4. The molecule has 1 atom stereocenters. The standard InChI is InChI=1S/C4H9FO4S/c1-2-4(5)3-9-10(6,7)8/h4H,2-3H2,1H3,(H,6,7,8). The normalized spacial score (nSPS) is 15.1. The van der Waals surface area contributed by atoms with Gasteiger partial charge in [0.05, 0.1) is 6.61 Å². The average molecular weight is 172 g/mol. The van der Waals surface area contributed by atoms with Gasteiger partial charge in [0.1, 0.15) is 6.17 Å². The van der Waals surface area contributed by atoms with E-state index in [1.807, 2.05) is 0 Å². The van der Waals surface area contributed by atoms with Gasteiger partial charge in [0.25, 0.3) is 0 Å². The predicted molar refractivity (Wildman–Crippen MR) is 32.7 cm³/mol. The van der Waals surface area contributed by atoms with E-state index in [0.717, 1.165) is 0 Å². The molecule has 0 amide bonds. The smallest absolute Gasteiger partial charge is 0.264 e. The highest BCUT2D eigenvalue weighted by Crippen LogP contribution is 1.98. The molecule has 0 aromatic rings. The van der Waals surface area contributed by atoms with Crippen LogP contribution in [0.4, 0.5) is 4.39 Å². The van der Waals surface area contributed by atoms with Crippen molar-refractivity contribution < 1.29 is 21.5 Å². The maximum atomic E-state index is 12.2. The summed E-state index contributed by atoms with van der Waals surface area (Å²) in [5.74, 6) is 0. The van der Waals surface area contributed by atoms with Crippen molar-refractivity contribution in [2.24, 2.45) is 0 Å². The van der Waals surface area contributed by atoms with Crippen molar-refractivity contribution in [1.29, 1.82) is 0 Å². The number of halogens is 1. The van der Waals surface area contributed by atoms with Crippen LogP contribution in [0.15, 0.2) is 0 Å². The molecule has 6 heteroatoms. The molecule has 0 bridgehead atoms. The van der Waals surface area contributed by atoms with E-state index in [-0.39, 0.29) is 6.42 Å². The molecule has 0 saturated heterocycles. The SMILES string of the molecule is CCC(F)COS(=O)(=O)O. The molecule has 0 aliphatic carbocycles. The number of hydrogen-bond acceptors (Lipinski definition) is 3. The Morgan fingerprint density at radius 3 is 2.50 bits per heavy atom. The van der Waals surface area contributed by atoms with Crippen molar-refractivity contribution in [3.63, 3.8) is 0 Å². The van der Waals surface area contributed by atoms with E-state index >= 15 is 0 Å². The average Bonchev–Trinajstić information content (AvgIpc) is 1.81. The predicted octanol–water partition coefficient (Wildman–Crippen LogP) is 0.554. The van der Waals surface area contributed by atoms with E-state index in [1.165, 1.54) is 6.92 Å². The van der Waals surface area contributed by atoms with Crippen LogP contribution in [0, 0.1) is 0 Å². The van der Waals surface area contributed by atoms with Crippen LogP contribution in [-0.2, 0) is 14.6 Å². The minimum atomic E-state index is -4.47. The maximum absolute atomic E-state index is 12.2. The molecule has 1 N–H and O–H groups in total. The summed E-state index contributed by atoms with van der Waals surface area (Å²) < 4.78 is 43.5. The molecule has 4 nitrogen and oxygen atoms in total. The second-order valence-corrected chi connectivity index (χ2v) is 2.81.